The highest BCUT2D eigenvalue weighted by atomic mass is 35.5. The largest absolute Gasteiger partial charge is 0.345 e. The normalized spacial score (nSPS) is 11.9. The molecule has 0 radical (unpaired) electrons. The molecule has 2 nitrogen and oxygen atoms in total. The van der Waals surface area contributed by atoms with Crippen molar-refractivity contribution in [3.63, 3.8) is 0 Å². The molecule has 0 spiro atoms. The van der Waals surface area contributed by atoms with E-state index in [2.05, 4.69) is 5.32 Å². The first-order valence-electron chi connectivity index (χ1n) is 6.42. The van der Waals surface area contributed by atoms with Crippen LogP contribution in [-0.4, -0.2) is 5.91 Å². The maximum absolute atomic E-state index is 12.8. The molecule has 0 aliphatic carbocycles. The first-order valence-corrected chi connectivity index (χ1v) is 6.80. The number of benzene rings is 2. The number of nitrogens with one attached hydrogen (secondary N) is 1. The molecule has 2 rings (SSSR count). The summed E-state index contributed by atoms with van der Waals surface area (Å²) in [5.74, 6) is -0.571. The highest BCUT2D eigenvalue weighted by molar-refractivity contribution is 6.30. The van der Waals surface area contributed by atoms with E-state index in [1.807, 2.05) is 19.1 Å². The molecule has 2 aromatic rings. The Kier molecular flexibility index (Phi) is 4.74. The van der Waals surface area contributed by atoms with Gasteiger partial charge in [0, 0.05) is 10.6 Å². The number of hydrogen-bond acceptors (Lipinski definition) is 1. The van der Waals surface area contributed by atoms with Crippen molar-refractivity contribution < 1.29 is 9.18 Å². The van der Waals surface area contributed by atoms with Crippen LogP contribution in [0.25, 0.3) is 0 Å². The van der Waals surface area contributed by atoms with E-state index in [1.165, 1.54) is 24.3 Å². The molecule has 104 valence electrons. The van der Waals surface area contributed by atoms with Crippen molar-refractivity contribution >= 4 is 17.5 Å². The first kappa shape index (κ1) is 14.5. The summed E-state index contributed by atoms with van der Waals surface area (Å²) in [6, 6.07) is 12.8. The van der Waals surface area contributed by atoms with E-state index in [0.717, 1.165) is 12.0 Å². The topological polar surface area (TPSA) is 29.1 Å². The Morgan fingerprint density at radius 3 is 2.30 bits per heavy atom. The number of amides is 1. The maximum atomic E-state index is 12.8. The van der Waals surface area contributed by atoms with Crippen LogP contribution in [0.5, 0.6) is 0 Å². The Morgan fingerprint density at radius 1 is 1.15 bits per heavy atom. The second kappa shape index (κ2) is 6.53. The van der Waals surface area contributed by atoms with Crippen LogP contribution in [0, 0.1) is 5.82 Å². The van der Waals surface area contributed by atoms with Crippen LogP contribution in [-0.2, 0) is 0 Å². The van der Waals surface area contributed by atoms with E-state index in [1.54, 1.807) is 12.1 Å². The summed E-state index contributed by atoms with van der Waals surface area (Å²) in [5, 5.41) is 3.59. The summed E-state index contributed by atoms with van der Waals surface area (Å²) in [6.07, 6.45) is 0.758. The monoisotopic (exact) mass is 291 g/mol. The summed E-state index contributed by atoms with van der Waals surface area (Å²) < 4.78 is 12.8. The van der Waals surface area contributed by atoms with Crippen LogP contribution in [0.1, 0.15) is 35.3 Å². The molecule has 0 saturated carbocycles. The molecule has 1 atom stereocenters. The molecule has 0 aliphatic heterocycles. The lowest BCUT2D eigenvalue weighted by Gasteiger charge is -2.17. The second-order valence-corrected chi connectivity index (χ2v) is 4.93. The molecule has 2 aromatic carbocycles. The molecule has 0 heterocycles. The van der Waals surface area contributed by atoms with E-state index >= 15 is 0 Å². The Morgan fingerprint density at radius 2 is 1.75 bits per heavy atom. The van der Waals surface area contributed by atoms with Gasteiger partial charge < -0.3 is 5.32 Å². The highest BCUT2D eigenvalue weighted by Crippen LogP contribution is 2.19. The van der Waals surface area contributed by atoms with Gasteiger partial charge in [0.1, 0.15) is 5.82 Å². The second-order valence-electron chi connectivity index (χ2n) is 4.49. The van der Waals surface area contributed by atoms with Gasteiger partial charge >= 0.3 is 0 Å². The molecule has 1 unspecified atom stereocenters. The Labute approximate surface area is 122 Å². The average molecular weight is 292 g/mol. The lowest BCUT2D eigenvalue weighted by atomic mass is 10.0. The van der Waals surface area contributed by atoms with E-state index in [9.17, 15) is 9.18 Å². The van der Waals surface area contributed by atoms with E-state index in [-0.39, 0.29) is 17.8 Å². The number of carbonyl (C=O) groups excluding carboxylic acids is 1. The fraction of sp³-hybridized carbons (Fsp3) is 0.188. The van der Waals surface area contributed by atoms with E-state index in [0.29, 0.717) is 10.6 Å². The zero-order valence-electron chi connectivity index (χ0n) is 11.1. The lowest BCUT2D eigenvalue weighted by molar-refractivity contribution is 0.0935. The number of carbonyl (C=O) groups is 1. The molecule has 4 heteroatoms. The molecule has 20 heavy (non-hydrogen) atoms. The van der Waals surface area contributed by atoms with Crippen LogP contribution in [0.3, 0.4) is 0 Å². The third kappa shape index (κ3) is 3.58. The molecule has 1 amide bonds. The van der Waals surface area contributed by atoms with Crippen molar-refractivity contribution in [1.82, 2.24) is 5.32 Å². The van der Waals surface area contributed by atoms with Crippen LogP contribution < -0.4 is 5.32 Å². The summed E-state index contributed by atoms with van der Waals surface area (Å²) in [5.41, 5.74) is 1.44. The van der Waals surface area contributed by atoms with E-state index < -0.39 is 0 Å². The van der Waals surface area contributed by atoms with Gasteiger partial charge in [0.15, 0.2) is 0 Å². The molecule has 0 fully saturated rings. The minimum absolute atomic E-state index is 0.0928. The van der Waals surface area contributed by atoms with E-state index in [4.69, 9.17) is 11.6 Å². The maximum Gasteiger partial charge on any atom is 0.251 e. The highest BCUT2D eigenvalue weighted by Gasteiger charge is 2.14. The van der Waals surface area contributed by atoms with Crippen LogP contribution >= 0.6 is 11.6 Å². The molecule has 1 N–H and O–H groups in total. The smallest absolute Gasteiger partial charge is 0.251 e. The standard InChI is InChI=1S/C16H15ClFNO/c1-2-15(11-3-7-13(17)8-4-11)19-16(20)12-5-9-14(18)10-6-12/h3-10,15H,2H2,1H3,(H,19,20). The summed E-state index contributed by atoms with van der Waals surface area (Å²) >= 11 is 5.85. The zero-order valence-corrected chi connectivity index (χ0v) is 11.8. The zero-order chi connectivity index (χ0) is 14.5. The Balaban J connectivity index is 2.11. The first-order chi connectivity index (χ1) is 9.60. The van der Waals surface area contributed by atoms with Gasteiger partial charge in [-0.3, -0.25) is 4.79 Å². The third-order valence-corrected chi connectivity index (χ3v) is 3.34. The molecular weight excluding hydrogens is 277 g/mol. The molecule has 0 saturated heterocycles. The fourth-order valence-corrected chi connectivity index (χ4v) is 2.09. The molecule has 0 aliphatic rings. The van der Waals surface area contributed by atoms with Gasteiger partial charge in [0.05, 0.1) is 6.04 Å². The van der Waals surface area contributed by atoms with Crippen molar-refractivity contribution in [3.8, 4) is 0 Å². The van der Waals surface area contributed by atoms with Crippen molar-refractivity contribution in [2.24, 2.45) is 0 Å². The summed E-state index contributed by atoms with van der Waals surface area (Å²) in [4.78, 5) is 12.1. The van der Waals surface area contributed by atoms with Crippen LogP contribution in [0.4, 0.5) is 4.39 Å². The number of hydrogen-bond donors (Lipinski definition) is 1. The number of rotatable bonds is 4. The van der Waals surface area contributed by atoms with Gasteiger partial charge in [0.2, 0.25) is 0 Å². The van der Waals surface area contributed by atoms with Gasteiger partial charge in [0.25, 0.3) is 5.91 Å². The van der Waals surface area contributed by atoms with Crippen molar-refractivity contribution in [2.75, 3.05) is 0 Å². The minimum Gasteiger partial charge on any atom is -0.345 e. The van der Waals surface area contributed by atoms with Crippen molar-refractivity contribution in [2.45, 2.75) is 19.4 Å². The van der Waals surface area contributed by atoms with Gasteiger partial charge in [-0.25, -0.2) is 4.39 Å². The van der Waals surface area contributed by atoms with Crippen LogP contribution in [0.2, 0.25) is 5.02 Å². The average Bonchev–Trinajstić information content (AvgIpc) is 2.46. The van der Waals surface area contributed by atoms with Crippen molar-refractivity contribution in [3.05, 3.63) is 70.5 Å². The summed E-state index contributed by atoms with van der Waals surface area (Å²) in [6.45, 7) is 1.99. The fourth-order valence-electron chi connectivity index (χ4n) is 1.96. The number of halogens is 2. The van der Waals surface area contributed by atoms with Gasteiger partial charge in [-0.2, -0.15) is 0 Å². The molecule has 0 bridgehead atoms. The van der Waals surface area contributed by atoms with Gasteiger partial charge in [-0.1, -0.05) is 30.7 Å². The van der Waals surface area contributed by atoms with Gasteiger partial charge in [-0.15, -0.1) is 0 Å². The molecule has 0 aromatic heterocycles. The SMILES string of the molecule is CCC(NC(=O)c1ccc(F)cc1)c1ccc(Cl)cc1. The third-order valence-electron chi connectivity index (χ3n) is 3.09. The predicted molar refractivity (Wildman–Crippen MR) is 78.4 cm³/mol. The van der Waals surface area contributed by atoms with Gasteiger partial charge in [-0.05, 0) is 48.4 Å². The lowest BCUT2D eigenvalue weighted by Crippen LogP contribution is -2.28. The molecular formula is C16H15ClFNO. The minimum atomic E-state index is -0.355. The summed E-state index contributed by atoms with van der Waals surface area (Å²) in [7, 11) is 0. The van der Waals surface area contributed by atoms with Crippen molar-refractivity contribution in [1.29, 1.82) is 0 Å². The Hall–Kier alpha value is -1.87. The Bertz CT molecular complexity index is 580. The predicted octanol–water partition coefficient (Wildman–Crippen LogP) is 4.36. The quantitative estimate of drug-likeness (QED) is 0.891. The van der Waals surface area contributed by atoms with Crippen LogP contribution in [0.15, 0.2) is 48.5 Å².